The molecule has 0 radical (unpaired) electrons. The summed E-state index contributed by atoms with van der Waals surface area (Å²) in [5.41, 5.74) is 7.10. The summed E-state index contributed by atoms with van der Waals surface area (Å²) in [5, 5.41) is 0.532. The highest BCUT2D eigenvalue weighted by atomic mass is 32.2. The molecule has 72 heavy (non-hydrogen) atoms. The highest BCUT2D eigenvalue weighted by Crippen LogP contribution is 2.49. The van der Waals surface area contributed by atoms with Gasteiger partial charge in [0.1, 0.15) is 6.54 Å². The Kier molecular flexibility index (Phi) is 19.7. The smallest absolute Gasteiger partial charge is 0.333 e. The molecule has 0 spiro atoms. The highest BCUT2D eigenvalue weighted by molar-refractivity contribution is 7.91. The molecule has 1 fully saturated rings. The molecule has 16 nitrogen and oxygen atoms in total. The zero-order valence-electron chi connectivity index (χ0n) is 43.0. The van der Waals surface area contributed by atoms with Gasteiger partial charge in [0.15, 0.2) is 15.5 Å². The van der Waals surface area contributed by atoms with Crippen LogP contribution in [0.5, 0.6) is 0 Å². The number of allylic oxidation sites excluding steroid dienone is 4. The maximum atomic E-state index is 13.7. The van der Waals surface area contributed by atoms with Crippen molar-refractivity contribution in [3.8, 4) is 11.1 Å². The number of sulfone groups is 1. The summed E-state index contributed by atoms with van der Waals surface area (Å²) < 4.78 is 80.3. The number of hydrogen-bond acceptors (Lipinski definition) is 13. The van der Waals surface area contributed by atoms with Crippen LogP contribution in [0.15, 0.2) is 94.4 Å². The number of hydroxylamine groups is 2. The first-order valence-corrected chi connectivity index (χ1v) is 28.1. The van der Waals surface area contributed by atoms with Gasteiger partial charge in [0.25, 0.3) is 11.8 Å². The Morgan fingerprint density at radius 2 is 1.40 bits per heavy atom. The minimum Gasteiger partial charge on any atom is -0.382 e. The van der Waals surface area contributed by atoms with Crippen LogP contribution < -0.4 is 9.62 Å². The highest BCUT2D eigenvalue weighted by Gasteiger charge is 2.45. The van der Waals surface area contributed by atoms with E-state index in [2.05, 4.69) is 85.2 Å². The van der Waals surface area contributed by atoms with E-state index in [4.69, 9.17) is 23.8 Å². The Morgan fingerprint density at radius 3 is 2.08 bits per heavy atom. The minimum atomic E-state index is -3.87. The monoisotopic (exact) mass is 1030 g/mol. The molecule has 3 heterocycles. The molecule has 2 amide bonds. The van der Waals surface area contributed by atoms with Gasteiger partial charge in [0.2, 0.25) is 15.7 Å². The van der Waals surface area contributed by atoms with Gasteiger partial charge in [-0.3, -0.25) is 9.59 Å². The first-order valence-electron chi connectivity index (χ1n) is 25.0. The molecular formula is C54H73N4O12S2+. The second-order valence-corrected chi connectivity index (χ2v) is 23.2. The average molecular weight is 1030 g/mol. The Hall–Kier alpha value is -5.08. The summed E-state index contributed by atoms with van der Waals surface area (Å²) in [4.78, 5) is 43.3. The maximum absolute atomic E-state index is 13.7. The fraction of sp³-hybridized carbons (Fsp3) is 0.519. The van der Waals surface area contributed by atoms with Gasteiger partial charge in [-0.05, 0) is 92.3 Å². The van der Waals surface area contributed by atoms with Crippen LogP contribution in [-0.2, 0) is 68.9 Å². The molecule has 3 aliphatic heterocycles. The van der Waals surface area contributed by atoms with Gasteiger partial charge < -0.3 is 28.7 Å². The topological polar surface area (TPSA) is 187 Å². The lowest BCUT2D eigenvalue weighted by atomic mass is 9.81. The second-order valence-electron chi connectivity index (χ2n) is 19.3. The Bertz CT molecular complexity index is 2710. The van der Waals surface area contributed by atoms with E-state index in [1.165, 1.54) is 0 Å². The van der Waals surface area contributed by atoms with Crippen molar-refractivity contribution in [3.63, 3.8) is 0 Å². The second kappa shape index (κ2) is 25.2. The first-order chi connectivity index (χ1) is 34.4. The minimum absolute atomic E-state index is 0.000456. The molecule has 18 heteroatoms. The summed E-state index contributed by atoms with van der Waals surface area (Å²) in [6.07, 6.45) is 10.2. The van der Waals surface area contributed by atoms with Crippen molar-refractivity contribution >= 4 is 54.7 Å². The van der Waals surface area contributed by atoms with Crippen molar-refractivity contribution in [3.05, 3.63) is 95.7 Å². The van der Waals surface area contributed by atoms with Crippen LogP contribution in [-0.4, -0.2) is 129 Å². The number of nitrogens with one attached hydrogen (secondary N) is 1. The van der Waals surface area contributed by atoms with Crippen molar-refractivity contribution in [1.29, 1.82) is 0 Å². The summed E-state index contributed by atoms with van der Waals surface area (Å²) in [6.45, 7) is 15.0. The number of anilines is 1. The normalized spacial score (nSPS) is 17.0. The molecule has 0 bridgehead atoms. The third kappa shape index (κ3) is 13.5. The van der Waals surface area contributed by atoms with Gasteiger partial charge in [-0.25, -0.2) is 26.4 Å². The predicted molar refractivity (Wildman–Crippen MR) is 277 cm³/mol. The summed E-state index contributed by atoms with van der Waals surface area (Å²) >= 11 is 0. The van der Waals surface area contributed by atoms with E-state index >= 15 is 0 Å². The number of ether oxygens (including phenoxy) is 4. The third-order valence-corrected chi connectivity index (χ3v) is 16.7. The van der Waals surface area contributed by atoms with Gasteiger partial charge in [0, 0.05) is 94.1 Å². The number of sulfonamides is 1. The number of unbranched alkanes of at least 4 members (excludes halogenated alkanes) is 3. The Balaban J connectivity index is 1.18. The predicted octanol–water partition coefficient (Wildman–Crippen LogP) is 7.70. The number of fused-ring (bicyclic) bond motifs is 2. The van der Waals surface area contributed by atoms with Crippen LogP contribution in [0.2, 0.25) is 0 Å². The molecule has 0 atom stereocenters. The quantitative estimate of drug-likeness (QED) is 0.0405. The van der Waals surface area contributed by atoms with E-state index < -0.39 is 48.5 Å². The van der Waals surface area contributed by atoms with Gasteiger partial charge in [0.05, 0.1) is 54.0 Å². The van der Waals surface area contributed by atoms with Gasteiger partial charge >= 0.3 is 5.97 Å². The number of methoxy groups -OCH3 is 2. The standard InChI is InChI=1S/C54H73N4O12S2/c1-8-9-29-56-47-25-23-43(72(64,65)55-28-12-10-11-17-52(61)70-58-50(59)26-27-51(58)60)39-45(47)54(4,5)48(56)15-13-16-49-53(2,3)44-38-41(20-24-46(44)57(49)30-32-69-36-34-67-7)40-18-21-42(22-19-40)71(62,63)37-14-31-68-35-33-66-6/h13,15-16,18-25,38-39,55H,8-12,14,17,26-37H2,1-7H3/q+1. The summed E-state index contributed by atoms with van der Waals surface area (Å²) in [7, 11) is -4.11. The van der Waals surface area contributed by atoms with Crippen molar-refractivity contribution in [2.45, 2.75) is 113 Å². The van der Waals surface area contributed by atoms with Crippen molar-refractivity contribution < 1.29 is 59.6 Å². The average Bonchev–Trinajstić information content (AvgIpc) is 3.86. The molecule has 0 aliphatic carbocycles. The molecule has 1 saturated heterocycles. The lowest BCUT2D eigenvalue weighted by Gasteiger charge is -2.27. The fourth-order valence-electron chi connectivity index (χ4n) is 9.34. The van der Waals surface area contributed by atoms with Crippen LogP contribution in [0.4, 0.5) is 11.4 Å². The largest absolute Gasteiger partial charge is 0.382 e. The van der Waals surface area contributed by atoms with Crippen LogP contribution in [0.25, 0.3) is 11.1 Å². The van der Waals surface area contributed by atoms with Gasteiger partial charge in [-0.2, -0.15) is 4.58 Å². The Labute approximate surface area is 426 Å². The van der Waals surface area contributed by atoms with E-state index in [0.717, 1.165) is 64.4 Å². The van der Waals surface area contributed by atoms with Gasteiger partial charge in [-0.1, -0.05) is 57.9 Å². The number of rotatable bonds is 29. The number of carbonyl (C=O) groups is 3. The molecule has 3 aliphatic rings. The lowest BCUT2D eigenvalue weighted by Crippen LogP contribution is -2.32. The number of carbonyl (C=O) groups excluding carboxylic acids is 3. The molecule has 3 aromatic carbocycles. The van der Waals surface area contributed by atoms with Crippen molar-refractivity contribution in [1.82, 2.24) is 9.79 Å². The molecule has 0 aromatic heterocycles. The van der Waals surface area contributed by atoms with E-state index in [9.17, 15) is 31.2 Å². The van der Waals surface area contributed by atoms with E-state index in [-0.39, 0.29) is 41.4 Å². The maximum Gasteiger partial charge on any atom is 0.333 e. The number of benzene rings is 3. The Morgan fingerprint density at radius 1 is 0.736 bits per heavy atom. The number of hydrogen-bond donors (Lipinski definition) is 1. The molecule has 0 saturated carbocycles. The molecule has 0 unspecified atom stereocenters. The summed E-state index contributed by atoms with van der Waals surface area (Å²) in [6, 6.07) is 18.8. The zero-order chi connectivity index (χ0) is 52.1. The van der Waals surface area contributed by atoms with E-state index in [1.807, 2.05) is 18.2 Å². The van der Waals surface area contributed by atoms with E-state index in [0.29, 0.717) is 76.9 Å². The SMILES string of the molecule is CCCC[N+]1=C(C=CC=C2N(CCOCCOC)c3ccc(-c4ccc(S(=O)(=O)CCCOCCOC)cc4)cc3C2(C)C)C(C)(C)c2cc(S(=O)(=O)NCCCCCC(=O)ON3C(=O)CCC3=O)ccc21. The third-order valence-electron chi connectivity index (χ3n) is 13.4. The van der Waals surface area contributed by atoms with Crippen LogP contribution in [0, 0.1) is 0 Å². The molecule has 6 rings (SSSR count). The molecular weight excluding hydrogens is 961 g/mol. The van der Waals surface area contributed by atoms with Crippen molar-refractivity contribution in [2.24, 2.45) is 0 Å². The van der Waals surface area contributed by atoms with Gasteiger partial charge in [-0.15, -0.1) is 5.06 Å². The molecule has 3 aromatic rings. The van der Waals surface area contributed by atoms with Crippen LogP contribution in [0.3, 0.4) is 0 Å². The van der Waals surface area contributed by atoms with E-state index in [1.54, 1.807) is 38.5 Å². The first kappa shape index (κ1) is 56.2. The lowest BCUT2D eigenvalue weighted by molar-refractivity contribution is -0.438. The van der Waals surface area contributed by atoms with Crippen LogP contribution >= 0.6 is 0 Å². The van der Waals surface area contributed by atoms with Crippen molar-refractivity contribution in [2.75, 3.05) is 84.1 Å². The number of amides is 2. The molecule has 392 valence electrons. The molecule has 1 N–H and O–H groups in total. The fourth-order valence-corrected chi connectivity index (χ4v) is 11.7. The number of nitrogens with zero attached hydrogens (tertiary/aromatic N) is 3. The summed E-state index contributed by atoms with van der Waals surface area (Å²) in [5.74, 6) is -1.74. The number of imide groups is 1. The van der Waals surface area contributed by atoms with Crippen LogP contribution in [0.1, 0.15) is 104 Å². The zero-order valence-corrected chi connectivity index (χ0v) is 44.6.